The molecule has 0 spiro atoms. The van der Waals surface area contributed by atoms with Gasteiger partial charge >= 0.3 is 0 Å². The van der Waals surface area contributed by atoms with Gasteiger partial charge in [0.1, 0.15) is 5.54 Å². The number of rotatable bonds is 6. The zero-order valence-electron chi connectivity index (χ0n) is 15.8. The standard InChI is InChI=1S/C18H25ClN4O3S/c1-14(2)18(3,13-20)21-17(24)12-22-7-9-23(10-8-22)27(25,26)16-6-4-5-15(19)11-16/h4-6,11,14H,7-10,12H2,1-3H3,(H,21,24)/p+1/t18-/m1/s1. The largest absolute Gasteiger partial charge is 0.333 e. The summed E-state index contributed by atoms with van der Waals surface area (Å²) in [6.45, 7) is 7.41. The lowest BCUT2D eigenvalue weighted by molar-refractivity contribution is -0.895. The van der Waals surface area contributed by atoms with Crippen molar-refractivity contribution in [3.8, 4) is 6.07 Å². The molecule has 1 aromatic rings. The molecular formula is C18H26ClN4O3S+. The molecule has 1 saturated heterocycles. The van der Waals surface area contributed by atoms with Gasteiger partial charge in [0, 0.05) is 5.02 Å². The van der Waals surface area contributed by atoms with E-state index in [1.165, 1.54) is 16.4 Å². The van der Waals surface area contributed by atoms with E-state index in [2.05, 4.69) is 11.4 Å². The molecule has 0 bridgehead atoms. The van der Waals surface area contributed by atoms with Crippen LogP contribution in [0.2, 0.25) is 5.02 Å². The molecule has 0 radical (unpaired) electrons. The summed E-state index contributed by atoms with van der Waals surface area (Å²) in [7, 11) is -3.59. The SMILES string of the molecule is CC(C)[C@@](C)(C#N)NC(=O)C[NH+]1CCN(S(=O)(=O)c2cccc(Cl)c2)CC1. The predicted octanol–water partition coefficient (Wildman–Crippen LogP) is 0.284. The lowest BCUT2D eigenvalue weighted by Gasteiger charge is -2.32. The highest BCUT2D eigenvalue weighted by molar-refractivity contribution is 7.89. The number of hydrogen-bond donors (Lipinski definition) is 2. The van der Waals surface area contributed by atoms with Gasteiger partial charge < -0.3 is 10.2 Å². The van der Waals surface area contributed by atoms with Crippen LogP contribution in [0, 0.1) is 17.2 Å². The Morgan fingerprint density at radius 2 is 2.04 bits per heavy atom. The summed E-state index contributed by atoms with van der Waals surface area (Å²) in [5.74, 6) is -0.213. The van der Waals surface area contributed by atoms with Gasteiger partial charge in [0.25, 0.3) is 5.91 Å². The second-order valence-electron chi connectivity index (χ2n) is 7.31. The number of quaternary nitrogens is 1. The van der Waals surface area contributed by atoms with E-state index < -0.39 is 15.6 Å². The highest BCUT2D eigenvalue weighted by Crippen LogP contribution is 2.19. The topological polar surface area (TPSA) is 94.7 Å². The van der Waals surface area contributed by atoms with E-state index >= 15 is 0 Å². The average molecular weight is 414 g/mol. The molecule has 0 saturated carbocycles. The molecule has 1 aromatic carbocycles. The van der Waals surface area contributed by atoms with Crippen LogP contribution < -0.4 is 10.2 Å². The fourth-order valence-corrected chi connectivity index (χ4v) is 4.60. The second-order valence-corrected chi connectivity index (χ2v) is 9.68. The number of benzene rings is 1. The maximum atomic E-state index is 12.7. The summed E-state index contributed by atoms with van der Waals surface area (Å²) in [5.41, 5.74) is -0.908. The molecule has 2 rings (SSSR count). The molecule has 1 aliphatic heterocycles. The number of nitrogens with zero attached hydrogens (tertiary/aromatic N) is 2. The monoisotopic (exact) mass is 413 g/mol. The van der Waals surface area contributed by atoms with Gasteiger partial charge in [0.05, 0.1) is 37.1 Å². The van der Waals surface area contributed by atoms with Crippen molar-refractivity contribution in [1.82, 2.24) is 9.62 Å². The Morgan fingerprint density at radius 1 is 1.41 bits per heavy atom. The van der Waals surface area contributed by atoms with Crippen LogP contribution in [0.5, 0.6) is 0 Å². The van der Waals surface area contributed by atoms with E-state index in [1.54, 1.807) is 19.1 Å². The molecular weight excluding hydrogens is 388 g/mol. The minimum absolute atomic E-state index is 0.0128. The highest BCUT2D eigenvalue weighted by atomic mass is 35.5. The van der Waals surface area contributed by atoms with Crippen molar-refractivity contribution < 1.29 is 18.1 Å². The van der Waals surface area contributed by atoms with Gasteiger partial charge in [-0.15, -0.1) is 0 Å². The number of nitrogens with one attached hydrogen (secondary N) is 2. The Labute approximate surface area is 165 Å². The summed E-state index contributed by atoms with van der Waals surface area (Å²) in [4.78, 5) is 13.5. The maximum Gasteiger partial charge on any atom is 0.276 e. The van der Waals surface area contributed by atoms with Crippen molar-refractivity contribution >= 4 is 27.5 Å². The zero-order valence-corrected chi connectivity index (χ0v) is 17.4. The molecule has 9 heteroatoms. The molecule has 1 fully saturated rings. The van der Waals surface area contributed by atoms with Crippen molar-refractivity contribution in [3.05, 3.63) is 29.3 Å². The fraction of sp³-hybridized carbons (Fsp3) is 0.556. The van der Waals surface area contributed by atoms with E-state index in [0.717, 1.165) is 4.90 Å². The number of hydrogen-bond acceptors (Lipinski definition) is 4. The van der Waals surface area contributed by atoms with Gasteiger partial charge in [-0.1, -0.05) is 31.5 Å². The molecule has 7 nitrogen and oxygen atoms in total. The molecule has 0 unspecified atom stereocenters. The molecule has 1 amide bonds. The van der Waals surface area contributed by atoms with Crippen LogP contribution in [0.4, 0.5) is 0 Å². The predicted molar refractivity (Wildman–Crippen MR) is 103 cm³/mol. The summed E-state index contributed by atoms with van der Waals surface area (Å²) in [6.07, 6.45) is 0. The van der Waals surface area contributed by atoms with Crippen LogP contribution >= 0.6 is 11.6 Å². The summed E-state index contributed by atoms with van der Waals surface area (Å²) >= 11 is 5.90. The molecule has 1 heterocycles. The van der Waals surface area contributed by atoms with Gasteiger partial charge in [-0.05, 0) is 31.0 Å². The van der Waals surface area contributed by atoms with E-state index in [-0.39, 0.29) is 23.3 Å². The molecule has 1 aliphatic rings. The minimum Gasteiger partial charge on any atom is -0.333 e. The van der Waals surface area contributed by atoms with Gasteiger partial charge in [0.2, 0.25) is 10.0 Å². The van der Waals surface area contributed by atoms with E-state index in [1.807, 2.05) is 13.8 Å². The number of amides is 1. The summed E-state index contributed by atoms with van der Waals surface area (Å²) in [5, 5.41) is 12.5. The third-order valence-electron chi connectivity index (χ3n) is 5.06. The lowest BCUT2D eigenvalue weighted by atomic mass is 9.90. The van der Waals surface area contributed by atoms with Crippen molar-refractivity contribution in [2.24, 2.45) is 5.92 Å². The van der Waals surface area contributed by atoms with Gasteiger partial charge in [0.15, 0.2) is 6.54 Å². The van der Waals surface area contributed by atoms with Gasteiger partial charge in [-0.2, -0.15) is 9.57 Å². The number of piperazine rings is 1. The third-order valence-corrected chi connectivity index (χ3v) is 7.19. The normalized spacial score (nSPS) is 18.7. The highest BCUT2D eigenvalue weighted by Gasteiger charge is 2.34. The number of carbonyl (C=O) groups is 1. The molecule has 2 N–H and O–H groups in total. The van der Waals surface area contributed by atoms with E-state index in [9.17, 15) is 18.5 Å². The molecule has 148 valence electrons. The Balaban J connectivity index is 1.94. The number of sulfonamides is 1. The molecule has 1 atom stereocenters. The smallest absolute Gasteiger partial charge is 0.276 e. The first-order valence-corrected chi connectivity index (χ1v) is 10.7. The van der Waals surface area contributed by atoms with Crippen LogP contribution in [-0.2, 0) is 14.8 Å². The number of carbonyl (C=O) groups excluding carboxylic acids is 1. The van der Waals surface area contributed by atoms with Crippen LogP contribution in [0.1, 0.15) is 20.8 Å². The first kappa shape index (κ1) is 21.6. The minimum atomic E-state index is -3.59. The quantitative estimate of drug-likeness (QED) is 0.700. The van der Waals surface area contributed by atoms with Gasteiger partial charge in [-0.3, -0.25) is 4.79 Å². The Morgan fingerprint density at radius 3 is 2.56 bits per heavy atom. The molecule has 0 aromatic heterocycles. The van der Waals surface area contributed by atoms with Crippen LogP contribution in [0.25, 0.3) is 0 Å². The van der Waals surface area contributed by atoms with Crippen LogP contribution in [-0.4, -0.2) is 56.9 Å². The van der Waals surface area contributed by atoms with Crippen molar-refractivity contribution in [2.75, 3.05) is 32.7 Å². The van der Waals surface area contributed by atoms with Crippen molar-refractivity contribution in [1.29, 1.82) is 5.26 Å². The second kappa shape index (κ2) is 8.57. The van der Waals surface area contributed by atoms with Gasteiger partial charge in [-0.25, -0.2) is 8.42 Å². The first-order valence-electron chi connectivity index (χ1n) is 8.90. The molecule has 0 aliphatic carbocycles. The Hall–Kier alpha value is -1.66. The lowest BCUT2D eigenvalue weighted by Crippen LogP contribution is -3.16. The molecule has 27 heavy (non-hydrogen) atoms. The Kier molecular flexibility index (Phi) is 6.87. The zero-order chi connectivity index (χ0) is 20.2. The summed E-state index contributed by atoms with van der Waals surface area (Å²) in [6, 6.07) is 8.37. The fourth-order valence-electron chi connectivity index (χ4n) is 2.86. The van der Waals surface area contributed by atoms with Crippen LogP contribution in [0.3, 0.4) is 0 Å². The number of halogens is 1. The average Bonchev–Trinajstić information content (AvgIpc) is 2.61. The van der Waals surface area contributed by atoms with E-state index in [0.29, 0.717) is 31.2 Å². The van der Waals surface area contributed by atoms with Crippen LogP contribution in [0.15, 0.2) is 29.2 Å². The van der Waals surface area contributed by atoms with Crippen molar-refractivity contribution in [2.45, 2.75) is 31.2 Å². The third kappa shape index (κ3) is 5.20. The Bertz CT molecular complexity index is 829. The first-order chi connectivity index (χ1) is 12.6. The maximum absolute atomic E-state index is 12.7. The van der Waals surface area contributed by atoms with E-state index in [4.69, 9.17) is 11.6 Å². The summed E-state index contributed by atoms with van der Waals surface area (Å²) < 4.78 is 26.8. The van der Waals surface area contributed by atoms with Crippen molar-refractivity contribution in [3.63, 3.8) is 0 Å². The number of nitriles is 1.